The van der Waals surface area contributed by atoms with Crippen molar-refractivity contribution in [2.75, 3.05) is 6.54 Å². The van der Waals surface area contributed by atoms with E-state index in [0.29, 0.717) is 6.54 Å². The van der Waals surface area contributed by atoms with Crippen LogP contribution in [0.3, 0.4) is 0 Å². The molecule has 3 nitrogen and oxygen atoms in total. The highest BCUT2D eigenvalue weighted by atomic mass is 35.7. The molecule has 0 aromatic carbocycles. The first-order valence-electron chi connectivity index (χ1n) is 4.23. The van der Waals surface area contributed by atoms with Crippen molar-refractivity contribution in [3.63, 3.8) is 0 Å². The molecule has 0 N–H and O–H groups in total. The predicted molar refractivity (Wildman–Crippen MR) is 49.4 cm³/mol. The van der Waals surface area contributed by atoms with E-state index >= 15 is 0 Å². The van der Waals surface area contributed by atoms with Gasteiger partial charge >= 0.3 is 0 Å². The van der Waals surface area contributed by atoms with Gasteiger partial charge in [0.1, 0.15) is 0 Å². The van der Waals surface area contributed by atoms with Gasteiger partial charge in [-0.2, -0.15) is 12.7 Å². The minimum absolute atomic E-state index is 0.0648. The molecule has 0 radical (unpaired) electrons. The molecule has 5 heteroatoms. The molecule has 1 aliphatic rings. The Bertz CT molecular complexity index is 240. The molecule has 0 amide bonds. The van der Waals surface area contributed by atoms with Gasteiger partial charge in [0.15, 0.2) is 0 Å². The monoisotopic (exact) mass is 211 g/mol. The van der Waals surface area contributed by atoms with Gasteiger partial charge < -0.3 is 0 Å². The molecule has 0 aromatic rings. The zero-order valence-corrected chi connectivity index (χ0v) is 8.74. The van der Waals surface area contributed by atoms with Gasteiger partial charge in [-0.05, 0) is 19.8 Å². The third-order valence-corrected chi connectivity index (χ3v) is 3.91. The van der Waals surface area contributed by atoms with Crippen LogP contribution in [-0.4, -0.2) is 25.3 Å². The van der Waals surface area contributed by atoms with Crippen LogP contribution in [0.4, 0.5) is 0 Å². The first-order chi connectivity index (χ1) is 5.52. The maximum atomic E-state index is 11.0. The van der Waals surface area contributed by atoms with Gasteiger partial charge in [-0.15, -0.1) is 0 Å². The molecule has 1 unspecified atom stereocenters. The Hall–Kier alpha value is 0.200. The molecule has 0 aliphatic carbocycles. The average molecular weight is 212 g/mol. The second-order valence-corrected chi connectivity index (χ2v) is 5.71. The first kappa shape index (κ1) is 10.3. The summed E-state index contributed by atoms with van der Waals surface area (Å²) in [6.45, 7) is 2.48. The molecule has 12 heavy (non-hydrogen) atoms. The molecule has 0 aromatic heterocycles. The van der Waals surface area contributed by atoms with Crippen LogP contribution in [0.25, 0.3) is 0 Å². The van der Waals surface area contributed by atoms with Crippen molar-refractivity contribution in [1.82, 2.24) is 4.31 Å². The Labute approximate surface area is 78.3 Å². The maximum absolute atomic E-state index is 11.0. The van der Waals surface area contributed by atoms with Crippen LogP contribution in [0.2, 0.25) is 0 Å². The third kappa shape index (κ3) is 2.61. The SMILES string of the molecule is CC1CCCCCN1S(=O)(=O)Cl. The molecular formula is C7H14ClNO2S. The van der Waals surface area contributed by atoms with E-state index in [2.05, 4.69) is 0 Å². The topological polar surface area (TPSA) is 37.4 Å². The Morgan fingerprint density at radius 2 is 2.00 bits per heavy atom. The standard InChI is InChI=1S/C7H14ClNO2S/c1-7-5-3-2-4-6-9(7)12(8,10)11/h7H,2-6H2,1H3. The number of hydrogen-bond donors (Lipinski definition) is 0. The smallest absolute Gasteiger partial charge is 0.195 e. The summed E-state index contributed by atoms with van der Waals surface area (Å²) in [6.07, 6.45) is 4.06. The lowest BCUT2D eigenvalue weighted by molar-refractivity contribution is 0.349. The molecule has 0 spiro atoms. The third-order valence-electron chi connectivity index (χ3n) is 2.27. The zero-order valence-electron chi connectivity index (χ0n) is 7.16. The zero-order chi connectivity index (χ0) is 9.19. The summed E-state index contributed by atoms with van der Waals surface area (Å²) >= 11 is 0. The van der Waals surface area contributed by atoms with Gasteiger partial charge in [-0.25, -0.2) is 0 Å². The molecule has 0 saturated carbocycles. The van der Waals surface area contributed by atoms with Crippen molar-refractivity contribution >= 4 is 19.9 Å². The first-order valence-corrected chi connectivity index (χ1v) is 6.50. The van der Waals surface area contributed by atoms with E-state index in [4.69, 9.17) is 10.7 Å². The lowest BCUT2D eigenvalue weighted by Gasteiger charge is -2.22. The predicted octanol–water partition coefficient (Wildman–Crippen LogP) is 1.73. The van der Waals surface area contributed by atoms with Gasteiger partial charge in [0.25, 0.3) is 9.24 Å². The highest BCUT2D eigenvalue weighted by molar-refractivity contribution is 8.11. The van der Waals surface area contributed by atoms with Crippen molar-refractivity contribution in [3.8, 4) is 0 Å². The molecule has 1 atom stereocenters. The lowest BCUT2D eigenvalue weighted by Crippen LogP contribution is -2.35. The van der Waals surface area contributed by atoms with Crippen LogP contribution < -0.4 is 0 Å². The number of nitrogens with zero attached hydrogens (tertiary/aromatic N) is 1. The summed E-state index contributed by atoms with van der Waals surface area (Å²) in [4.78, 5) is 0. The Morgan fingerprint density at radius 1 is 1.33 bits per heavy atom. The van der Waals surface area contributed by atoms with Gasteiger partial charge in [0, 0.05) is 23.3 Å². The van der Waals surface area contributed by atoms with Gasteiger partial charge in [-0.3, -0.25) is 0 Å². The fourth-order valence-corrected chi connectivity index (χ4v) is 3.07. The van der Waals surface area contributed by atoms with Crippen LogP contribution in [0.15, 0.2) is 0 Å². The van der Waals surface area contributed by atoms with Crippen LogP contribution in [-0.2, 0) is 9.24 Å². The van der Waals surface area contributed by atoms with Gasteiger partial charge in [0.2, 0.25) is 0 Å². The van der Waals surface area contributed by atoms with Crippen LogP contribution in [0, 0.1) is 0 Å². The highest BCUT2D eigenvalue weighted by Gasteiger charge is 2.26. The lowest BCUT2D eigenvalue weighted by atomic mass is 10.1. The minimum atomic E-state index is -3.49. The van der Waals surface area contributed by atoms with Crippen LogP contribution >= 0.6 is 10.7 Å². The Kier molecular flexibility index (Phi) is 3.37. The summed E-state index contributed by atoms with van der Waals surface area (Å²) in [7, 11) is 1.78. The van der Waals surface area contributed by atoms with E-state index in [9.17, 15) is 8.42 Å². The van der Waals surface area contributed by atoms with E-state index in [1.165, 1.54) is 4.31 Å². The molecule has 1 fully saturated rings. The molecule has 1 heterocycles. The quantitative estimate of drug-likeness (QED) is 0.620. The van der Waals surface area contributed by atoms with Gasteiger partial charge in [-0.1, -0.05) is 12.8 Å². The number of hydrogen-bond acceptors (Lipinski definition) is 2. The van der Waals surface area contributed by atoms with E-state index in [1.54, 1.807) is 0 Å². The fraction of sp³-hybridized carbons (Fsp3) is 1.00. The highest BCUT2D eigenvalue weighted by Crippen LogP contribution is 2.21. The van der Waals surface area contributed by atoms with Crippen molar-refractivity contribution in [2.45, 2.75) is 38.6 Å². The summed E-state index contributed by atoms with van der Waals surface area (Å²) in [6, 6.07) is 0.0648. The molecule has 72 valence electrons. The summed E-state index contributed by atoms with van der Waals surface area (Å²) < 4.78 is 23.5. The molecule has 1 saturated heterocycles. The summed E-state index contributed by atoms with van der Waals surface area (Å²) in [5.74, 6) is 0. The van der Waals surface area contributed by atoms with Crippen LogP contribution in [0.5, 0.6) is 0 Å². The van der Waals surface area contributed by atoms with E-state index in [1.807, 2.05) is 6.92 Å². The van der Waals surface area contributed by atoms with Crippen molar-refractivity contribution in [1.29, 1.82) is 0 Å². The van der Waals surface area contributed by atoms with Crippen molar-refractivity contribution in [2.24, 2.45) is 0 Å². The largest absolute Gasteiger partial charge is 0.300 e. The second kappa shape index (κ2) is 3.94. The van der Waals surface area contributed by atoms with Crippen molar-refractivity contribution in [3.05, 3.63) is 0 Å². The van der Waals surface area contributed by atoms with Gasteiger partial charge in [0.05, 0.1) is 0 Å². The fourth-order valence-electron chi connectivity index (χ4n) is 1.57. The Balaban J connectivity index is 2.72. The molecule has 1 rings (SSSR count). The van der Waals surface area contributed by atoms with E-state index < -0.39 is 9.24 Å². The Morgan fingerprint density at radius 3 is 2.58 bits per heavy atom. The number of rotatable bonds is 1. The van der Waals surface area contributed by atoms with Crippen molar-refractivity contribution < 1.29 is 8.42 Å². The van der Waals surface area contributed by atoms with E-state index in [0.717, 1.165) is 25.7 Å². The van der Waals surface area contributed by atoms with Crippen LogP contribution in [0.1, 0.15) is 32.6 Å². The normalized spacial score (nSPS) is 28.3. The minimum Gasteiger partial charge on any atom is -0.195 e. The second-order valence-electron chi connectivity index (χ2n) is 3.25. The average Bonchev–Trinajstić information content (AvgIpc) is 2.11. The summed E-state index contributed by atoms with van der Waals surface area (Å²) in [5, 5.41) is 0. The molecular weight excluding hydrogens is 198 g/mol. The number of halogens is 1. The molecule has 0 bridgehead atoms. The summed E-state index contributed by atoms with van der Waals surface area (Å²) in [5.41, 5.74) is 0. The van der Waals surface area contributed by atoms with E-state index in [-0.39, 0.29) is 6.04 Å². The molecule has 1 aliphatic heterocycles. The maximum Gasteiger partial charge on any atom is 0.300 e.